The van der Waals surface area contributed by atoms with Gasteiger partial charge in [-0.2, -0.15) is 0 Å². The van der Waals surface area contributed by atoms with Crippen LogP contribution in [0.1, 0.15) is 5.56 Å². The number of azo groups is 1. The number of nitrogens with zero attached hydrogens (tertiary/aromatic N) is 3. The zero-order valence-electron chi connectivity index (χ0n) is 11.1. The van der Waals surface area contributed by atoms with Crippen molar-refractivity contribution in [3.63, 3.8) is 0 Å². The number of hydrogen-bond acceptors (Lipinski definition) is 6. The van der Waals surface area contributed by atoms with E-state index in [2.05, 4.69) is 10.2 Å². The molecule has 0 bridgehead atoms. The first-order valence-electron chi connectivity index (χ1n) is 5.90. The minimum absolute atomic E-state index is 0.126. The van der Waals surface area contributed by atoms with Crippen LogP contribution >= 0.6 is 11.6 Å². The number of benzene rings is 2. The molecule has 0 atom stereocenters. The quantitative estimate of drug-likeness (QED) is 0.383. The number of nitro groups is 1. The molecule has 7 nitrogen and oxygen atoms in total. The molecule has 0 aliphatic carbocycles. The van der Waals surface area contributed by atoms with E-state index in [-0.39, 0.29) is 22.1 Å². The second-order valence-electron chi connectivity index (χ2n) is 4.35. The average Bonchev–Trinajstić information content (AvgIpc) is 2.45. The van der Waals surface area contributed by atoms with Crippen molar-refractivity contribution in [2.24, 2.45) is 10.2 Å². The SMILES string of the molecule is Cc1ccc(N=Nc2ccc(N)c(Cl)c2N)c([N+](=O)[O-])c1. The van der Waals surface area contributed by atoms with Crippen LogP contribution in [0.5, 0.6) is 0 Å². The summed E-state index contributed by atoms with van der Waals surface area (Å²) in [7, 11) is 0. The van der Waals surface area contributed by atoms with E-state index >= 15 is 0 Å². The molecule has 0 heterocycles. The fourth-order valence-electron chi connectivity index (χ4n) is 1.66. The highest BCUT2D eigenvalue weighted by Crippen LogP contribution is 2.36. The van der Waals surface area contributed by atoms with Crippen molar-refractivity contribution in [3.05, 3.63) is 51.0 Å². The molecule has 0 radical (unpaired) electrons. The summed E-state index contributed by atoms with van der Waals surface area (Å²) >= 11 is 5.91. The maximum atomic E-state index is 11.0. The van der Waals surface area contributed by atoms with Gasteiger partial charge in [-0.1, -0.05) is 17.7 Å². The summed E-state index contributed by atoms with van der Waals surface area (Å²) < 4.78 is 0. The molecule has 0 unspecified atom stereocenters. The van der Waals surface area contributed by atoms with E-state index in [1.54, 1.807) is 19.1 Å². The molecule has 21 heavy (non-hydrogen) atoms. The lowest BCUT2D eigenvalue weighted by Gasteiger charge is -2.04. The molecular weight excluding hydrogens is 294 g/mol. The minimum Gasteiger partial charge on any atom is -0.397 e. The van der Waals surface area contributed by atoms with Crippen molar-refractivity contribution in [2.45, 2.75) is 6.92 Å². The third kappa shape index (κ3) is 3.09. The van der Waals surface area contributed by atoms with Gasteiger partial charge in [-0.15, -0.1) is 10.2 Å². The van der Waals surface area contributed by atoms with E-state index in [4.69, 9.17) is 23.1 Å². The van der Waals surface area contributed by atoms with Crippen LogP contribution in [0.3, 0.4) is 0 Å². The van der Waals surface area contributed by atoms with Crippen molar-refractivity contribution in [1.29, 1.82) is 0 Å². The lowest BCUT2D eigenvalue weighted by molar-refractivity contribution is -0.384. The number of anilines is 2. The Morgan fingerprint density at radius 1 is 1.14 bits per heavy atom. The number of rotatable bonds is 3. The molecule has 108 valence electrons. The first kappa shape index (κ1) is 14.7. The Morgan fingerprint density at radius 2 is 1.76 bits per heavy atom. The van der Waals surface area contributed by atoms with E-state index in [1.165, 1.54) is 18.2 Å². The number of halogens is 1. The van der Waals surface area contributed by atoms with Crippen molar-refractivity contribution >= 4 is 40.0 Å². The molecule has 0 amide bonds. The molecular formula is C13H12ClN5O2. The Labute approximate surface area is 125 Å². The summed E-state index contributed by atoms with van der Waals surface area (Å²) in [6.07, 6.45) is 0. The molecule has 0 fully saturated rings. The van der Waals surface area contributed by atoms with Gasteiger partial charge < -0.3 is 11.5 Å². The van der Waals surface area contributed by atoms with Gasteiger partial charge in [0.15, 0.2) is 5.69 Å². The molecule has 0 aromatic heterocycles. The van der Waals surface area contributed by atoms with E-state index in [1.807, 2.05) is 0 Å². The van der Waals surface area contributed by atoms with Crippen LogP contribution in [0, 0.1) is 17.0 Å². The van der Waals surface area contributed by atoms with Gasteiger partial charge >= 0.3 is 0 Å². The van der Waals surface area contributed by atoms with Crippen LogP contribution < -0.4 is 11.5 Å². The predicted octanol–water partition coefficient (Wildman–Crippen LogP) is 4.14. The monoisotopic (exact) mass is 305 g/mol. The lowest BCUT2D eigenvalue weighted by Crippen LogP contribution is -1.92. The molecule has 0 aliphatic rings. The van der Waals surface area contributed by atoms with Crippen LogP contribution in [0.15, 0.2) is 40.6 Å². The van der Waals surface area contributed by atoms with Gasteiger partial charge in [0.05, 0.1) is 21.3 Å². The van der Waals surface area contributed by atoms with E-state index in [9.17, 15) is 10.1 Å². The van der Waals surface area contributed by atoms with Gasteiger partial charge in [-0.3, -0.25) is 10.1 Å². The van der Waals surface area contributed by atoms with E-state index in [0.29, 0.717) is 11.4 Å². The maximum Gasteiger partial charge on any atom is 0.296 e. The molecule has 8 heteroatoms. The van der Waals surface area contributed by atoms with Crippen molar-refractivity contribution in [2.75, 3.05) is 11.5 Å². The minimum atomic E-state index is -0.513. The van der Waals surface area contributed by atoms with Gasteiger partial charge in [0, 0.05) is 6.07 Å². The first-order chi connectivity index (χ1) is 9.90. The summed E-state index contributed by atoms with van der Waals surface area (Å²) in [6, 6.07) is 7.73. The number of nitrogen functional groups attached to an aromatic ring is 2. The predicted molar refractivity (Wildman–Crippen MR) is 82.3 cm³/mol. The normalized spacial score (nSPS) is 11.0. The Hall–Kier alpha value is -2.67. The van der Waals surface area contributed by atoms with Gasteiger partial charge in [-0.05, 0) is 30.7 Å². The van der Waals surface area contributed by atoms with Crippen LogP contribution in [0.2, 0.25) is 5.02 Å². The fourth-order valence-corrected chi connectivity index (χ4v) is 1.82. The smallest absolute Gasteiger partial charge is 0.296 e. The topological polar surface area (TPSA) is 120 Å². The maximum absolute atomic E-state index is 11.0. The fraction of sp³-hybridized carbons (Fsp3) is 0.0769. The molecule has 2 rings (SSSR count). The van der Waals surface area contributed by atoms with Crippen molar-refractivity contribution in [1.82, 2.24) is 0 Å². The third-order valence-electron chi connectivity index (χ3n) is 2.78. The van der Waals surface area contributed by atoms with Crippen LogP contribution in [-0.2, 0) is 0 Å². The van der Waals surface area contributed by atoms with E-state index in [0.717, 1.165) is 5.56 Å². The highest BCUT2D eigenvalue weighted by molar-refractivity contribution is 6.36. The summed E-state index contributed by atoms with van der Waals surface area (Å²) in [4.78, 5) is 10.5. The van der Waals surface area contributed by atoms with Crippen LogP contribution in [0.4, 0.5) is 28.4 Å². The number of nitrogens with two attached hydrogens (primary N) is 2. The second kappa shape index (κ2) is 5.76. The summed E-state index contributed by atoms with van der Waals surface area (Å²) in [5, 5.41) is 19.0. The van der Waals surface area contributed by atoms with E-state index < -0.39 is 4.92 Å². The number of nitro benzene ring substituents is 1. The largest absolute Gasteiger partial charge is 0.397 e. The lowest BCUT2D eigenvalue weighted by atomic mass is 10.2. The molecule has 0 saturated carbocycles. The van der Waals surface area contributed by atoms with Gasteiger partial charge in [0.25, 0.3) is 5.69 Å². The zero-order chi connectivity index (χ0) is 15.6. The molecule has 2 aromatic carbocycles. The van der Waals surface area contributed by atoms with Crippen molar-refractivity contribution in [3.8, 4) is 0 Å². The summed E-state index contributed by atoms with van der Waals surface area (Å²) in [5.41, 5.74) is 12.9. The van der Waals surface area contributed by atoms with Crippen LogP contribution in [-0.4, -0.2) is 4.92 Å². The summed E-state index contributed by atoms with van der Waals surface area (Å²) in [5.74, 6) is 0. The average molecular weight is 306 g/mol. The second-order valence-corrected chi connectivity index (χ2v) is 4.73. The molecule has 0 saturated heterocycles. The van der Waals surface area contributed by atoms with Crippen molar-refractivity contribution < 1.29 is 4.92 Å². The Balaban J connectivity index is 2.43. The van der Waals surface area contributed by atoms with Gasteiger partial charge in [0.1, 0.15) is 5.69 Å². The Kier molecular flexibility index (Phi) is 4.04. The standard InChI is InChI=1S/C13H12ClN5O2/c1-7-2-4-9(11(6-7)19(20)21)17-18-10-5-3-8(15)12(14)13(10)16/h2-6H,15-16H2,1H3. The number of aryl methyl sites for hydroxylation is 1. The Bertz CT molecular complexity index is 746. The molecule has 0 aliphatic heterocycles. The van der Waals surface area contributed by atoms with Gasteiger partial charge in [0.2, 0.25) is 0 Å². The molecule has 2 aromatic rings. The highest BCUT2D eigenvalue weighted by atomic mass is 35.5. The number of hydrogen-bond donors (Lipinski definition) is 2. The zero-order valence-corrected chi connectivity index (χ0v) is 11.8. The molecule has 0 spiro atoms. The third-order valence-corrected chi connectivity index (χ3v) is 3.20. The first-order valence-corrected chi connectivity index (χ1v) is 6.28. The van der Waals surface area contributed by atoms with Crippen LogP contribution in [0.25, 0.3) is 0 Å². The van der Waals surface area contributed by atoms with Gasteiger partial charge in [-0.25, -0.2) is 0 Å². The highest BCUT2D eigenvalue weighted by Gasteiger charge is 2.14. The summed E-state index contributed by atoms with van der Waals surface area (Å²) in [6.45, 7) is 1.76. The Morgan fingerprint density at radius 3 is 2.43 bits per heavy atom. The molecule has 4 N–H and O–H groups in total.